The molecule has 1 nitrogen and oxygen atoms in total. The van der Waals surface area contributed by atoms with Crippen molar-refractivity contribution in [3.05, 3.63) is 34.9 Å². The summed E-state index contributed by atoms with van der Waals surface area (Å²) >= 11 is 2.04. The van der Waals surface area contributed by atoms with Crippen molar-refractivity contribution in [1.29, 1.82) is 0 Å². The van der Waals surface area contributed by atoms with Gasteiger partial charge in [-0.05, 0) is 43.2 Å². The predicted molar refractivity (Wildman–Crippen MR) is 68.3 cm³/mol. The zero-order valence-corrected chi connectivity index (χ0v) is 10.5. The van der Waals surface area contributed by atoms with Crippen molar-refractivity contribution in [3.63, 3.8) is 0 Å². The maximum Gasteiger partial charge on any atom is 0.0792 e. The van der Waals surface area contributed by atoms with E-state index >= 15 is 0 Å². The molecule has 1 saturated heterocycles. The Balaban J connectivity index is 2.18. The van der Waals surface area contributed by atoms with E-state index in [1.54, 1.807) is 0 Å². The lowest BCUT2D eigenvalue weighted by Gasteiger charge is -2.28. The fourth-order valence-electron chi connectivity index (χ4n) is 1.93. The van der Waals surface area contributed by atoms with E-state index in [0.29, 0.717) is 5.37 Å². The van der Waals surface area contributed by atoms with E-state index < -0.39 is 0 Å². The highest BCUT2D eigenvalue weighted by atomic mass is 32.2. The number of hydrogen-bond acceptors (Lipinski definition) is 2. The van der Waals surface area contributed by atoms with Crippen LogP contribution in [0.15, 0.2) is 18.2 Å². The highest BCUT2D eigenvalue weighted by Gasteiger charge is 2.20. The molecule has 0 spiro atoms. The lowest BCUT2D eigenvalue weighted by molar-refractivity contribution is 0.528. The minimum absolute atomic E-state index is 0.501. The molecule has 0 aromatic heterocycles. The quantitative estimate of drug-likeness (QED) is 0.781. The van der Waals surface area contributed by atoms with E-state index in [2.05, 4.69) is 44.3 Å². The predicted octanol–water partition coefficient (Wildman–Crippen LogP) is 3.27. The molecule has 2 atom stereocenters. The molecular formula is C13H19NS. The van der Waals surface area contributed by atoms with Gasteiger partial charge in [-0.25, -0.2) is 0 Å². The average molecular weight is 221 g/mol. The first-order chi connectivity index (χ1) is 7.16. The molecule has 0 aliphatic carbocycles. The number of aryl methyl sites for hydroxylation is 2. The van der Waals surface area contributed by atoms with Crippen molar-refractivity contribution < 1.29 is 0 Å². The zero-order valence-electron chi connectivity index (χ0n) is 9.71. The molecule has 1 aliphatic heterocycles. The highest BCUT2D eigenvalue weighted by molar-refractivity contribution is 7.99. The molecule has 1 heterocycles. The van der Waals surface area contributed by atoms with Crippen LogP contribution in [0, 0.1) is 19.8 Å². The molecular weight excluding hydrogens is 202 g/mol. The van der Waals surface area contributed by atoms with Gasteiger partial charge in [0.05, 0.1) is 5.37 Å². The van der Waals surface area contributed by atoms with Crippen molar-refractivity contribution in [2.24, 2.45) is 5.92 Å². The van der Waals surface area contributed by atoms with Crippen LogP contribution in [0.1, 0.15) is 29.0 Å². The Morgan fingerprint density at radius 3 is 2.80 bits per heavy atom. The van der Waals surface area contributed by atoms with Gasteiger partial charge < -0.3 is 5.32 Å². The SMILES string of the molecule is Cc1ccc(C)c(C2NCC(C)CS2)c1. The number of rotatable bonds is 1. The summed E-state index contributed by atoms with van der Waals surface area (Å²) < 4.78 is 0. The van der Waals surface area contributed by atoms with E-state index in [9.17, 15) is 0 Å². The Labute approximate surface area is 96.7 Å². The summed E-state index contributed by atoms with van der Waals surface area (Å²) in [7, 11) is 0. The summed E-state index contributed by atoms with van der Waals surface area (Å²) in [5, 5.41) is 4.12. The third-order valence-electron chi connectivity index (χ3n) is 2.92. The van der Waals surface area contributed by atoms with Crippen molar-refractivity contribution in [1.82, 2.24) is 5.32 Å². The summed E-state index contributed by atoms with van der Waals surface area (Å²) in [6, 6.07) is 6.73. The van der Waals surface area contributed by atoms with Crippen molar-refractivity contribution in [2.75, 3.05) is 12.3 Å². The number of hydrogen-bond donors (Lipinski definition) is 1. The van der Waals surface area contributed by atoms with Crippen LogP contribution in [-0.2, 0) is 0 Å². The minimum Gasteiger partial charge on any atom is -0.301 e. The molecule has 1 aliphatic rings. The third kappa shape index (κ3) is 2.56. The van der Waals surface area contributed by atoms with E-state index in [4.69, 9.17) is 0 Å². The largest absolute Gasteiger partial charge is 0.301 e. The molecule has 1 aromatic carbocycles. The molecule has 2 heteroatoms. The second kappa shape index (κ2) is 4.58. The molecule has 2 unspecified atom stereocenters. The first kappa shape index (κ1) is 11.0. The number of nitrogens with one attached hydrogen (secondary N) is 1. The van der Waals surface area contributed by atoms with E-state index in [-0.39, 0.29) is 0 Å². The smallest absolute Gasteiger partial charge is 0.0792 e. The van der Waals surface area contributed by atoms with Gasteiger partial charge in [-0.2, -0.15) is 0 Å². The summed E-state index contributed by atoms with van der Waals surface area (Å²) in [6.45, 7) is 7.82. The van der Waals surface area contributed by atoms with E-state index in [1.807, 2.05) is 11.8 Å². The summed E-state index contributed by atoms with van der Waals surface area (Å²) in [5.41, 5.74) is 4.23. The minimum atomic E-state index is 0.501. The zero-order chi connectivity index (χ0) is 10.8. The van der Waals surface area contributed by atoms with Gasteiger partial charge >= 0.3 is 0 Å². The Bertz CT molecular complexity index is 340. The Kier molecular flexibility index (Phi) is 3.37. The Morgan fingerprint density at radius 1 is 1.33 bits per heavy atom. The van der Waals surface area contributed by atoms with Crippen LogP contribution >= 0.6 is 11.8 Å². The highest BCUT2D eigenvalue weighted by Crippen LogP contribution is 2.33. The number of thioether (sulfide) groups is 1. The van der Waals surface area contributed by atoms with Gasteiger partial charge in [-0.1, -0.05) is 30.7 Å². The first-order valence-electron chi connectivity index (χ1n) is 5.59. The van der Waals surface area contributed by atoms with Gasteiger partial charge in [0.15, 0.2) is 0 Å². The Morgan fingerprint density at radius 2 is 2.13 bits per heavy atom. The lowest BCUT2D eigenvalue weighted by Crippen LogP contribution is -2.31. The molecule has 82 valence electrons. The van der Waals surface area contributed by atoms with Gasteiger partial charge in [0.2, 0.25) is 0 Å². The van der Waals surface area contributed by atoms with Crippen LogP contribution in [-0.4, -0.2) is 12.3 Å². The lowest BCUT2D eigenvalue weighted by atomic mass is 10.1. The fourth-order valence-corrected chi connectivity index (χ4v) is 3.22. The van der Waals surface area contributed by atoms with Crippen LogP contribution in [0.3, 0.4) is 0 Å². The maximum atomic E-state index is 3.62. The van der Waals surface area contributed by atoms with Gasteiger partial charge in [-0.3, -0.25) is 0 Å². The molecule has 0 radical (unpaired) electrons. The molecule has 1 N–H and O–H groups in total. The number of benzene rings is 1. The van der Waals surface area contributed by atoms with Crippen LogP contribution < -0.4 is 5.32 Å². The second-order valence-electron chi connectivity index (χ2n) is 4.59. The van der Waals surface area contributed by atoms with Crippen molar-refractivity contribution >= 4 is 11.8 Å². The summed E-state index contributed by atoms with van der Waals surface area (Å²) in [6.07, 6.45) is 0. The van der Waals surface area contributed by atoms with Crippen molar-refractivity contribution in [3.8, 4) is 0 Å². The molecule has 0 bridgehead atoms. The van der Waals surface area contributed by atoms with Crippen LogP contribution in [0.4, 0.5) is 0 Å². The third-order valence-corrected chi connectivity index (χ3v) is 4.43. The average Bonchev–Trinajstić information content (AvgIpc) is 2.23. The standard InChI is InChI=1S/C13H19NS/c1-9-4-5-11(3)12(6-9)13-14-7-10(2)8-15-13/h4-6,10,13-14H,7-8H2,1-3H3. The fraction of sp³-hybridized carbons (Fsp3) is 0.538. The van der Waals surface area contributed by atoms with Crippen molar-refractivity contribution in [2.45, 2.75) is 26.1 Å². The van der Waals surface area contributed by atoms with E-state index in [0.717, 1.165) is 12.5 Å². The molecule has 2 rings (SSSR count). The van der Waals surface area contributed by atoms with Gasteiger partial charge in [0, 0.05) is 0 Å². The Hall–Kier alpha value is -0.470. The molecule has 1 fully saturated rings. The van der Waals surface area contributed by atoms with Gasteiger partial charge in [-0.15, -0.1) is 11.8 Å². The normalized spacial score (nSPS) is 26.6. The molecule has 1 aromatic rings. The second-order valence-corrected chi connectivity index (χ2v) is 5.72. The van der Waals surface area contributed by atoms with Crippen LogP contribution in [0.2, 0.25) is 0 Å². The topological polar surface area (TPSA) is 12.0 Å². The van der Waals surface area contributed by atoms with Gasteiger partial charge in [0.25, 0.3) is 0 Å². The first-order valence-corrected chi connectivity index (χ1v) is 6.64. The monoisotopic (exact) mass is 221 g/mol. The molecule has 0 saturated carbocycles. The molecule has 0 amide bonds. The molecule has 15 heavy (non-hydrogen) atoms. The summed E-state index contributed by atoms with van der Waals surface area (Å²) in [4.78, 5) is 0. The maximum absolute atomic E-state index is 3.62. The summed E-state index contributed by atoms with van der Waals surface area (Å²) in [5.74, 6) is 2.07. The van der Waals surface area contributed by atoms with Crippen LogP contribution in [0.5, 0.6) is 0 Å². The van der Waals surface area contributed by atoms with Crippen LogP contribution in [0.25, 0.3) is 0 Å². The van der Waals surface area contributed by atoms with E-state index in [1.165, 1.54) is 22.4 Å². The van der Waals surface area contributed by atoms with Gasteiger partial charge in [0.1, 0.15) is 0 Å².